The molecule has 0 fully saturated rings. The third-order valence-electron chi connectivity index (χ3n) is 6.67. The zero-order valence-corrected chi connectivity index (χ0v) is 25.1. The summed E-state index contributed by atoms with van der Waals surface area (Å²) in [6.07, 6.45) is 1.11. The fraction of sp³-hybridized carbons (Fsp3) is 0.355. The molecule has 0 heterocycles. The molecule has 0 saturated carbocycles. The molecule has 3 aromatic rings. The van der Waals surface area contributed by atoms with E-state index in [9.17, 15) is 18.0 Å². The highest BCUT2D eigenvalue weighted by Gasteiger charge is 2.34. The average Bonchev–Trinajstić information content (AvgIpc) is 2.99. The highest BCUT2D eigenvalue weighted by Crippen LogP contribution is 2.32. The molecule has 1 N–H and O–H groups in total. The monoisotopic (exact) mass is 581 g/mol. The highest BCUT2D eigenvalue weighted by molar-refractivity contribution is 7.92. The van der Waals surface area contributed by atoms with E-state index in [1.807, 2.05) is 51.1 Å². The van der Waals surface area contributed by atoms with Crippen LogP contribution < -0.4 is 19.1 Å². The summed E-state index contributed by atoms with van der Waals surface area (Å²) in [6.45, 7) is 5.79. The van der Waals surface area contributed by atoms with Crippen LogP contribution in [-0.4, -0.2) is 58.5 Å². The number of carbonyl (C=O) groups is 2. The van der Waals surface area contributed by atoms with Crippen molar-refractivity contribution < 1.29 is 27.5 Å². The van der Waals surface area contributed by atoms with E-state index in [1.165, 1.54) is 37.3 Å². The first-order valence-corrected chi connectivity index (χ1v) is 15.0. The number of rotatable bonds is 14. The lowest BCUT2D eigenvalue weighted by molar-refractivity contribution is -0.140. The molecule has 0 aliphatic rings. The Hall–Kier alpha value is -4.05. The van der Waals surface area contributed by atoms with Gasteiger partial charge in [0.05, 0.1) is 24.8 Å². The summed E-state index contributed by atoms with van der Waals surface area (Å²) < 4.78 is 39.9. The van der Waals surface area contributed by atoms with Crippen LogP contribution in [0.3, 0.4) is 0 Å². The van der Waals surface area contributed by atoms with E-state index in [0.29, 0.717) is 24.4 Å². The number of amides is 2. The molecule has 0 unspecified atom stereocenters. The first-order chi connectivity index (χ1) is 19.7. The Morgan fingerprint density at radius 3 is 2.15 bits per heavy atom. The largest absolute Gasteiger partial charge is 0.493 e. The van der Waals surface area contributed by atoms with Gasteiger partial charge in [-0.05, 0) is 49.6 Å². The van der Waals surface area contributed by atoms with Gasteiger partial charge in [-0.1, -0.05) is 61.9 Å². The van der Waals surface area contributed by atoms with Gasteiger partial charge in [-0.2, -0.15) is 0 Å². The van der Waals surface area contributed by atoms with Crippen LogP contribution in [0.4, 0.5) is 5.69 Å². The number of anilines is 1. The molecule has 0 bridgehead atoms. The van der Waals surface area contributed by atoms with Crippen LogP contribution in [0.15, 0.2) is 77.7 Å². The lowest BCUT2D eigenvalue weighted by Gasteiger charge is -2.33. The van der Waals surface area contributed by atoms with Crippen molar-refractivity contribution in [3.8, 4) is 11.5 Å². The van der Waals surface area contributed by atoms with Crippen LogP contribution in [0.5, 0.6) is 11.5 Å². The Balaban J connectivity index is 2.07. The van der Waals surface area contributed by atoms with Crippen LogP contribution in [-0.2, 0) is 26.2 Å². The summed E-state index contributed by atoms with van der Waals surface area (Å²) >= 11 is 0. The number of benzene rings is 3. The van der Waals surface area contributed by atoms with Gasteiger partial charge in [0.25, 0.3) is 10.0 Å². The maximum atomic E-state index is 14.1. The minimum Gasteiger partial charge on any atom is -0.493 e. The van der Waals surface area contributed by atoms with Gasteiger partial charge in [0.1, 0.15) is 12.6 Å². The van der Waals surface area contributed by atoms with Gasteiger partial charge in [0.2, 0.25) is 11.8 Å². The van der Waals surface area contributed by atoms with Crippen LogP contribution in [0.2, 0.25) is 0 Å². The lowest BCUT2D eigenvalue weighted by Crippen LogP contribution is -2.52. The molecule has 9 nitrogen and oxygen atoms in total. The first-order valence-electron chi connectivity index (χ1n) is 13.6. The standard InChI is InChI=1S/C31H39N3O6S/c1-6-19-32-31(36)27(7-2)33(21-24-11-9-8-10-12-24)30(35)22-34(25-15-13-23(3)14-16-25)41(37,38)26-17-18-28(39-4)29(20-26)40-5/h8-18,20,27H,6-7,19,21-22H2,1-5H3,(H,32,36)/t27-/m0/s1. The summed E-state index contributed by atoms with van der Waals surface area (Å²) in [7, 11) is -1.36. The second-order valence-corrected chi connectivity index (χ2v) is 11.4. The van der Waals surface area contributed by atoms with Gasteiger partial charge in [0, 0.05) is 19.2 Å². The molecular formula is C31H39N3O6S. The van der Waals surface area contributed by atoms with Gasteiger partial charge in [-0.3, -0.25) is 13.9 Å². The Kier molecular flexibility index (Phi) is 11.2. The number of aryl methyl sites for hydroxylation is 1. The minimum absolute atomic E-state index is 0.0640. The fourth-order valence-corrected chi connectivity index (χ4v) is 5.84. The maximum absolute atomic E-state index is 14.1. The number of methoxy groups -OCH3 is 2. The summed E-state index contributed by atoms with van der Waals surface area (Å²) in [5.41, 5.74) is 2.09. The summed E-state index contributed by atoms with van der Waals surface area (Å²) in [5.74, 6) is -0.157. The van der Waals surface area contributed by atoms with Gasteiger partial charge in [-0.25, -0.2) is 8.42 Å². The number of hydrogen-bond acceptors (Lipinski definition) is 6. The Bertz CT molecular complexity index is 1410. The van der Waals surface area contributed by atoms with Crippen molar-refractivity contribution >= 4 is 27.5 Å². The molecule has 0 radical (unpaired) electrons. The van der Waals surface area contributed by atoms with Crippen molar-refractivity contribution in [2.75, 3.05) is 31.6 Å². The van der Waals surface area contributed by atoms with Crippen molar-refractivity contribution in [3.05, 3.63) is 83.9 Å². The molecule has 1 atom stereocenters. The number of ether oxygens (including phenoxy) is 2. The summed E-state index contributed by atoms with van der Waals surface area (Å²) in [5, 5.41) is 2.88. The fourth-order valence-electron chi connectivity index (χ4n) is 4.41. The highest BCUT2D eigenvalue weighted by atomic mass is 32.2. The molecule has 0 aromatic heterocycles. The number of carbonyl (C=O) groups excluding carboxylic acids is 2. The second kappa shape index (κ2) is 14.5. The van der Waals surface area contributed by atoms with Crippen LogP contribution >= 0.6 is 0 Å². The quantitative estimate of drug-likeness (QED) is 0.300. The lowest BCUT2D eigenvalue weighted by atomic mass is 10.1. The molecule has 2 amide bonds. The van der Waals surface area contributed by atoms with E-state index in [1.54, 1.807) is 24.3 Å². The van der Waals surface area contributed by atoms with E-state index in [-0.39, 0.29) is 23.1 Å². The second-order valence-electron chi connectivity index (χ2n) is 9.59. The predicted molar refractivity (Wildman–Crippen MR) is 160 cm³/mol. The Morgan fingerprint density at radius 2 is 1.56 bits per heavy atom. The van der Waals surface area contributed by atoms with Crippen LogP contribution in [0, 0.1) is 6.92 Å². The van der Waals surface area contributed by atoms with Crippen molar-refractivity contribution in [2.24, 2.45) is 0 Å². The molecule has 220 valence electrons. The van der Waals surface area contributed by atoms with Crippen LogP contribution in [0.25, 0.3) is 0 Å². The van der Waals surface area contributed by atoms with E-state index >= 15 is 0 Å². The van der Waals surface area contributed by atoms with Gasteiger partial charge < -0.3 is 19.7 Å². The molecule has 0 spiro atoms. The third kappa shape index (κ3) is 7.79. The van der Waals surface area contributed by atoms with E-state index in [0.717, 1.165) is 21.9 Å². The smallest absolute Gasteiger partial charge is 0.264 e. The topological polar surface area (TPSA) is 105 Å². The van der Waals surface area contributed by atoms with Crippen molar-refractivity contribution in [3.63, 3.8) is 0 Å². The molecule has 10 heteroatoms. The minimum atomic E-state index is -4.24. The SMILES string of the molecule is CCCNC(=O)[C@H](CC)N(Cc1ccccc1)C(=O)CN(c1ccc(C)cc1)S(=O)(=O)c1ccc(OC)c(OC)c1. The average molecular weight is 582 g/mol. The van der Waals surface area contributed by atoms with Crippen LogP contribution in [0.1, 0.15) is 37.8 Å². The molecule has 41 heavy (non-hydrogen) atoms. The molecule has 3 rings (SSSR count). The zero-order valence-electron chi connectivity index (χ0n) is 24.3. The summed E-state index contributed by atoms with van der Waals surface area (Å²) in [4.78, 5) is 28.6. The first kappa shape index (κ1) is 31.5. The number of sulfonamides is 1. The Labute approximate surface area is 243 Å². The number of hydrogen-bond donors (Lipinski definition) is 1. The molecular weight excluding hydrogens is 542 g/mol. The molecule has 3 aromatic carbocycles. The number of nitrogens with one attached hydrogen (secondary N) is 1. The van der Waals surface area contributed by atoms with Crippen molar-refractivity contribution in [1.29, 1.82) is 0 Å². The van der Waals surface area contributed by atoms with E-state index < -0.39 is 28.5 Å². The maximum Gasteiger partial charge on any atom is 0.264 e. The van der Waals surface area contributed by atoms with Crippen molar-refractivity contribution in [1.82, 2.24) is 10.2 Å². The molecule has 0 aliphatic heterocycles. The van der Waals surface area contributed by atoms with E-state index in [4.69, 9.17) is 9.47 Å². The zero-order chi connectivity index (χ0) is 30.0. The summed E-state index contributed by atoms with van der Waals surface area (Å²) in [6, 6.07) is 19.7. The van der Waals surface area contributed by atoms with Gasteiger partial charge in [-0.15, -0.1) is 0 Å². The van der Waals surface area contributed by atoms with Crippen molar-refractivity contribution in [2.45, 2.75) is 51.1 Å². The predicted octanol–water partition coefficient (Wildman–Crippen LogP) is 4.54. The van der Waals surface area contributed by atoms with E-state index in [2.05, 4.69) is 5.32 Å². The molecule has 0 aliphatic carbocycles. The normalized spacial score (nSPS) is 11.8. The number of nitrogens with zero attached hydrogens (tertiary/aromatic N) is 2. The Morgan fingerprint density at radius 1 is 0.902 bits per heavy atom. The third-order valence-corrected chi connectivity index (χ3v) is 8.44. The van der Waals surface area contributed by atoms with Gasteiger partial charge >= 0.3 is 0 Å². The molecule has 0 saturated heterocycles. The van der Waals surface area contributed by atoms with Gasteiger partial charge in [0.15, 0.2) is 11.5 Å².